The summed E-state index contributed by atoms with van der Waals surface area (Å²) in [5.74, 6) is 0.00249. The van der Waals surface area contributed by atoms with E-state index in [2.05, 4.69) is 6.92 Å². The molecule has 1 aromatic carbocycles. The van der Waals surface area contributed by atoms with Crippen molar-refractivity contribution in [3.05, 3.63) is 35.1 Å². The maximum atomic E-state index is 13.8. The van der Waals surface area contributed by atoms with Gasteiger partial charge >= 0.3 is 0 Å². The number of alkyl halides is 1. The van der Waals surface area contributed by atoms with E-state index in [-0.39, 0.29) is 52.6 Å². The minimum atomic E-state index is -0.608. The van der Waals surface area contributed by atoms with E-state index in [1.54, 1.807) is 17.0 Å². The lowest BCUT2D eigenvalue weighted by atomic mass is 9.74. The lowest BCUT2D eigenvalue weighted by Gasteiger charge is -2.40. The summed E-state index contributed by atoms with van der Waals surface area (Å²) in [7, 11) is 0. The number of rotatable bonds is 8. The van der Waals surface area contributed by atoms with Crippen molar-refractivity contribution >= 4 is 23.3 Å². The fourth-order valence-corrected chi connectivity index (χ4v) is 5.46. The topological polar surface area (TPSA) is 85.3 Å². The Kier molecular flexibility index (Phi) is 7.43. The number of ketones is 1. The summed E-state index contributed by atoms with van der Waals surface area (Å²) in [5, 5.41) is 10.1. The maximum Gasteiger partial charge on any atom is 0.290 e. The first kappa shape index (κ1) is 24.9. The summed E-state index contributed by atoms with van der Waals surface area (Å²) in [6.45, 7) is 9.12. The molecule has 1 aromatic rings. The van der Waals surface area contributed by atoms with Gasteiger partial charge in [0.1, 0.15) is 6.10 Å². The fourth-order valence-electron chi connectivity index (χ4n) is 5.17. The van der Waals surface area contributed by atoms with Crippen LogP contribution in [0.15, 0.2) is 29.5 Å². The molecule has 0 bridgehead atoms. The number of phenolic OH excluding ortho intramolecular Hbond substituents is 1. The number of hydrogen-bond donors (Lipinski definition) is 1. The zero-order chi connectivity index (χ0) is 24.6. The van der Waals surface area contributed by atoms with Gasteiger partial charge in [0, 0.05) is 18.5 Å². The molecule has 1 saturated carbocycles. The highest BCUT2D eigenvalue weighted by Gasteiger charge is 2.53. The smallest absolute Gasteiger partial charge is 0.290 e. The van der Waals surface area contributed by atoms with Crippen LogP contribution >= 0.6 is 11.6 Å². The molecule has 1 N–H and O–H groups in total. The first-order valence-corrected chi connectivity index (χ1v) is 12.6. The quantitative estimate of drug-likeness (QED) is 0.429. The minimum Gasteiger partial charge on any atom is -0.504 e. The van der Waals surface area contributed by atoms with Gasteiger partial charge in [0.05, 0.1) is 30.2 Å². The van der Waals surface area contributed by atoms with Gasteiger partial charge in [-0.25, -0.2) is 0 Å². The fraction of sp³-hybridized carbons (Fsp3) is 0.615. The second-order valence-electron chi connectivity index (χ2n) is 9.67. The molecule has 0 aromatic heterocycles. The van der Waals surface area contributed by atoms with Crippen LogP contribution in [0, 0.1) is 11.8 Å². The van der Waals surface area contributed by atoms with E-state index in [9.17, 15) is 14.7 Å². The molecule has 0 saturated heterocycles. The normalized spacial score (nSPS) is 28.8. The number of carbonyl (C=O) groups excluding carboxylic acids is 2. The van der Waals surface area contributed by atoms with Crippen molar-refractivity contribution in [2.45, 2.75) is 70.6 Å². The molecule has 0 radical (unpaired) electrons. The molecule has 34 heavy (non-hydrogen) atoms. The van der Waals surface area contributed by atoms with E-state index in [0.29, 0.717) is 55.9 Å². The first-order valence-electron chi connectivity index (χ1n) is 12.2. The number of fused-ring (bicyclic) bond motifs is 1. The number of halogens is 1. The highest BCUT2D eigenvalue weighted by atomic mass is 35.5. The molecule has 1 amide bonds. The Labute approximate surface area is 206 Å². The van der Waals surface area contributed by atoms with E-state index in [1.807, 2.05) is 20.8 Å². The van der Waals surface area contributed by atoms with Crippen LogP contribution in [0.2, 0.25) is 0 Å². The Morgan fingerprint density at radius 2 is 2.03 bits per heavy atom. The van der Waals surface area contributed by atoms with Crippen molar-refractivity contribution in [2.75, 3.05) is 19.8 Å². The van der Waals surface area contributed by atoms with Crippen LogP contribution < -0.4 is 4.74 Å². The predicted octanol–water partition coefficient (Wildman–Crippen LogP) is 4.36. The van der Waals surface area contributed by atoms with Gasteiger partial charge in [0.2, 0.25) is 0 Å². The van der Waals surface area contributed by atoms with Crippen LogP contribution in [0.4, 0.5) is 0 Å². The van der Waals surface area contributed by atoms with Gasteiger partial charge in [-0.2, -0.15) is 0 Å². The highest BCUT2D eigenvalue weighted by molar-refractivity contribution is 6.21. The van der Waals surface area contributed by atoms with Gasteiger partial charge in [0.15, 0.2) is 23.0 Å². The van der Waals surface area contributed by atoms with Crippen LogP contribution in [0.3, 0.4) is 0 Å². The van der Waals surface area contributed by atoms with E-state index < -0.39 is 6.04 Å². The number of phenols is 1. The number of nitrogens with zero attached hydrogens (tertiary/aromatic N) is 1. The van der Waals surface area contributed by atoms with E-state index in [0.717, 1.165) is 0 Å². The Morgan fingerprint density at radius 1 is 1.26 bits per heavy atom. The molecule has 8 heteroatoms. The van der Waals surface area contributed by atoms with Crippen LogP contribution in [-0.4, -0.2) is 59.0 Å². The van der Waals surface area contributed by atoms with Crippen LogP contribution in [-0.2, 0) is 19.1 Å². The molecule has 5 unspecified atom stereocenters. The van der Waals surface area contributed by atoms with E-state index >= 15 is 0 Å². The van der Waals surface area contributed by atoms with Crippen molar-refractivity contribution in [1.29, 1.82) is 0 Å². The molecule has 1 fully saturated rings. The molecule has 4 rings (SSSR count). The summed E-state index contributed by atoms with van der Waals surface area (Å²) in [6.07, 6.45) is 1.57. The van der Waals surface area contributed by atoms with Gasteiger partial charge < -0.3 is 24.2 Å². The number of hydrogen-bond acceptors (Lipinski definition) is 6. The van der Waals surface area contributed by atoms with Crippen LogP contribution in [0.25, 0.3) is 0 Å². The summed E-state index contributed by atoms with van der Waals surface area (Å²) in [4.78, 5) is 29.0. The largest absolute Gasteiger partial charge is 0.504 e. The standard InChI is InChI=1S/C26H34ClNO6/c1-5-32-21-12-16(7-8-19(21)29)23-22-24(30)17-13-18(27)15(4)11-20(17)34-25(22)26(31)28(23)9-6-10-33-14(2)3/h7-8,12,14-15,17-18,20,23,29H,5-6,9-11,13H2,1-4H3. The lowest BCUT2D eigenvalue weighted by Crippen LogP contribution is -2.44. The van der Waals surface area contributed by atoms with Gasteiger partial charge in [-0.1, -0.05) is 13.0 Å². The van der Waals surface area contributed by atoms with Gasteiger partial charge in [-0.05, 0) is 63.6 Å². The van der Waals surface area contributed by atoms with Crippen LogP contribution in [0.1, 0.15) is 58.6 Å². The third-order valence-electron chi connectivity index (χ3n) is 6.90. The van der Waals surface area contributed by atoms with E-state index in [4.69, 9.17) is 25.8 Å². The number of Topliss-reactive ketones (excluding diaryl/α,β-unsaturated/α-hetero) is 1. The van der Waals surface area contributed by atoms with Gasteiger partial charge in [-0.3, -0.25) is 9.59 Å². The van der Waals surface area contributed by atoms with Crippen molar-refractivity contribution in [1.82, 2.24) is 4.90 Å². The SMILES string of the molecule is CCOc1cc(C2C3=C(OC4CC(C)C(Cl)CC4C3=O)C(=O)N2CCCOC(C)C)ccc1O. The Bertz CT molecular complexity index is 976. The number of carbonyl (C=O) groups is 2. The molecule has 2 heterocycles. The zero-order valence-corrected chi connectivity index (χ0v) is 21.0. The average molecular weight is 492 g/mol. The number of amides is 1. The second-order valence-corrected chi connectivity index (χ2v) is 10.2. The molecular weight excluding hydrogens is 458 g/mol. The number of benzene rings is 1. The Hall–Kier alpha value is -2.25. The van der Waals surface area contributed by atoms with Crippen molar-refractivity contribution in [2.24, 2.45) is 11.8 Å². The molecule has 5 atom stereocenters. The summed E-state index contributed by atoms with van der Waals surface area (Å²) >= 11 is 6.53. The maximum absolute atomic E-state index is 13.8. The first-order chi connectivity index (χ1) is 16.2. The molecule has 2 aliphatic heterocycles. The summed E-state index contributed by atoms with van der Waals surface area (Å²) < 4.78 is 17.5. The van der Waals surface area contributed by atoms with Gasteiger partial charge in [0.25, 0.3) is 5.91 Å². The number of aromatic hydroxyl groups is 1. The monoisotopic (exact) mass is 491 g/mol. The minimum absolute atomic E-state index is 0.0125. The van der Waals surface area contributed by atoms with E-state index in [1.165, 1.54) is 6.07 Å². The highest BCUT2D eigenvalue weighted by Crippen LogP contribution is 2.49. The Balaban J connectivity index is 1.70. The zero-order valence-electron chi connectivity index (χ0n) is 20.3. The molecule has 3 aliphatic rings. The van der Waals surface area contributed by atoms with Crippen molar-refractivity contribution in [3.63, 3.8) is 0 Å². The third-order valence-corrected chi connectivity index (χ3v) is 7.51. The molecule has 0 spiro atoms. The summed E-state index contributed by atoms with van der Waals surface area (Å²) in [5.41, 5.74) is 1.09. The number of ether oxygens (including phenoxy) is 3. The molecular formula is C26H34ClNO6. The predicted molar refractivity (Wildman–Crippen MR) is 128 cm³/mol. The lowest BCUT2D eigenvalue weighted by molar-refractivity contribution is -0.136. The van der Waals surface area contributed by atoms with Crippen LogP contribution in [0.5, 0.6) is 11.5 Å². The van der Waals surface area contributed by atoms with Crippen molar-refractivity contribution in [3.8, 4) is 11.5 Å². The molecule has 7 nitrogen and oxygen atoms in total. The van der Waals surface area contributed by atoms with Gasteiger partial charge in [-0.15, -0.1) is 11.6 Å². The third kappa shape index (κ3) is 4.65. The van der Waals surface area contributed by atoms with Crippen molar-refractivity contribution < 1.29 is 28.9 Å². The summed E-state index contributed by atoms with van der Waals surface area (Å²) in [6, 6.07) is 4.37. The molecule has 186 valence electrons. The Morgan fingerprint density at radius 3 is 2.74 bits per heavy atom. The second kappa shape index (κ2) is 10.2. The average Bonchev–Trinajstić information content (AvgIpc) is 3.06. The molecule has 1 aliphatic carbocycles.